The van der Waals surface area contributed by atoms with Gasteiger partial charge < -0.3 is 10.6 Å². The van der Waals surface area contributed by atoms with Crippen LogP contribution in [0.3, 0.4) is 0 Å². The van der Waals surface area contributed by atoms with E-state index in [2.05, 4.69) is 20.8 Å². The Hall–Kier alpha value is -3.55. The van der Waals surface area contributed by atoms with Gasteiger partial charge in [-0.1, -0.05) is 18.2 Å². The average Bonchev–Trinajstić information content (AvgIpc) is 3.14. The lowest BCUT2D eigenvalue weighted by Gasteiger charge is -2.06. The van der Waals surface area contributed by atoms with Crippen molar-refractivity contribution >= 4 is 28.5 Å². The second-order valence-electron chi connectivity index (χ2n) is 6.15. The Labute approximate surface area is 160 Å². The van der Waals surface area contributed by atoms with Crippen molar-refractivity contribution in [2.24, 2.45) is 0 Å². The summed E-state index contributed by atoms with van der Waals surface area (Å²) in [6.45, 7) is 0.468. The number of fused-ring (bicyclic) bond motifs is 1. The molecule has 0 aliphatic rings. The number of H-pyrrole nitrogens is 1. The van der Waals surface area contributed by atoms with Crippen LogP contribution in [0.15, 0.2) is 48.5 Å². The lowest BCUT2D eigenvalue weighted by molar-refractivity contribution is -0.121. The number of nitrogens with zero attached hydrogens (tertiary/aromatic N) is 1. The van der Waals surface area contributed by atoms with Crippen molar-refractivity contribution in [2.75, 3.05) is 13.1 Å². The van der Waals surface area contributed by atoms with Gasteiger partial charge in [0.05, 0.1) is 5.52 Å². The Morgan fingerprint density at radius 2 is 1.64 bits per heavy atom. The van der Waals surface area contributed by atoms with Crippen LogP contribution in [0.5, 0.6) is 0 Å². The SMILES string of the molecule is O=C(CCC(=O)c1ccc(F)cc1)NCCNC(=O)c1n[nH]c2ccccc12. The summed E-state index contributed by atoms with van der Waals surface area (Å²) in [4.78, 5) is 36.0. The number of carbonyl (C=O) groups is 3. The molecule has 0 aliphatic carbocycles. The van der Waals surface area contributed by atoms with E-state index < -0.39 is 5.82 Å². The molecule has 2 aromatic carbocycles. The van der Waals surface area contributed by atoms with Gasteiger partial charge in [0.2, 0.25) is 5.91 Å². The second kappa shape index (κ2) is 8.90. The van der Waals surface area contributed by atoms with E-state index >= 15 is 0 Å². The van der Waals surface area contributed by atoms with Crippen LogP contribution in [-0.2, 0) is 4.79 Å². The zero-order valence-electron chi connectivity index (χ0n) is 15.0. The minimum Gasteiger partial charge on any atom is -0.354 e. The van der Waals surface area contributed by atoms with Crippen molar-refractivity contribution in [1.29, 1.82) is 0 Å². The van der Waals surface area contributed by atoms with Crippen LogP contribution in [-0.4, -0.2) is 40.9 Å². The molecular formula is C20H19FN4O3. The maximum atomic E-state index is 12.8. The summed E-state index contributed by atoms with van der Waals surface area (Å²) in [6, 6.07) is 12.5. The fourth-order valence-corrected chi connectivity index (χ4v) is 2.69. The van der Waals surface area contributed by atoms with Crippen LogP contribution in [0.2, 0.25) is 0 Å². The Balaban J connectivity index is 1.38. The predicted octanol–water partition coefficient (Wildman–Crippen LogP) is 2.21. The molecule has 144 valence electrons. The van der Waals surface area contributed by atoms with E-state index in [4.69, 9.17) is 0 Å². The third-order valence-corrected chi connectivity index (χ3v) is 4.16. The van der Waals surface area contributed by atoms with Gasteiger partial charge in [-0.05, 0) is 30.3 Å². The van der Waals surface area contributed by atoms with E-state index in [1.807, 2.05) is 18.2 Å². The molecule has 0 radical (unpaired) electrons. The number of benzene rings is 2. The minimum atomic E-state index is -0.417. The molecule has 0 bridgehead atoms. The molecule has 1 aromatic heterocycles. The summed E-state index contributed by atoms with van der Waals surface area (Å²) in [5.41, 5.74) is 1.44. The van der Waals surface area contributed by atoms with Crippen LogP contribution >= 0.6 is 0 Å². The number of nitrogens with one attached hydrogen (secondary N) is 3. The number of rotatable bonds is 8. The Bertz CT molecular complexity index is 998. The smallest absolute Gasteiger partial charge is 0.272 e. The summed E-state index contributed by atoms with van der Waals surface area (Å²) in [6.07, 6.45) is 0.0528. The van der Waals surface area contributed by atoms with Crippen LogP contribution in [0.25, 0.3) is 10.9 Å². The molecule has 0 spiro atoms. The Morgan fingerprint density at radius 3 is 2.43 bits per heavy atom. The molecule has 8 heteroatoms. The Morgan fingerprint density at radius 1 is 0.929 bits per heavy atom. The fourth-order valence-electron chi connectivity index (χ4n) is 2.69. The van der Waals surface area contributed by atoms with Crippen molar-refractivity contribution in [3.05, 3.63) is 65.6 Å². The van der Waals surface area contributed by atoms with Gasteiger partial charge in [-0.25, -0.2) is 4.39 Å². The van der Waals surface area contributed by atoms with E-state index in [9.17, 15) is 18.8 Å². The van der Waals surface area contributed by atoms with Gasteiger partial charge >= 0.3 is 0 Å². The second-order valence-corrected chi connectivity index (χ2v) is 6.15. The van der Waals surface area contributed by atoms with Gasteiger partial charge in [-0.3, -0.25) is 19.5 Å². The highest BCUT2D eigenvalue weighted by Crippen LogP contribution is 2.14. The van der Waals surface area contributed by atoms with Gasteiger partial charge in [0.1, 0.15) is 5.82 Å². The fraction of sp³-hybridized carbons (Fsp3) is 0.200. The third kappa shape index (κ3) is 4.79. The maximum Gasteiger partial charge on any atom is 0.272 e. The normalized spacial score (nSPS) is 10.6. The van der Waals surface area contributed by atoms with E-state index in [0.717, 1.165) is 10.9 Å². The van der Waals surface area contributed by atoms with Crippen molar-refractivity contribution in [2.45, 2.75) is 12.8 Å². The molecule has 3 rings (SSSR count). The standard InChI is InChI=1S/C20H19FN4O3/c21-14-7-5-13(6-8-14)17(26)9-10-18(27)22-11-12-23-20(28)19-15-3-1-2-4-16(15)24-25-19/h1-8H,9-12H2,(H,22,27)(H,23,28)(H,24,25). The topological polar surface area (TPSA) is 104 Å². The van der Waals surface area contributed by atoms with Crippen molar-refractivity contribution in [1.82, 2.24) is 20.8 Å². The largest absolute Gasteiger partial charge is 0.354 e. The van der Waals surface area contributed by atoms with Gasteiger partial charge in [0.15, 0.2) is 11.5 Å². The molecule has 1 heterocycles. The molecule has 7 nitrogen and oxygen atoms in total. The van der Waals surface area contributed by atoms with E-state index in [1.54, 1.807) is 6.07 Å². The molecule has 2 amide bonds. The van der Waals surface area contributed by atoms with Crippen LogP contribution in [0, 0.1) is 5.82 Å². The summed E-state index contributed by atoms with van der Waals surface area (Å²) >= 11 is 0. The number of carbonyl (C=O) groups excluding carboxylic acids is 3. The summed E-state index contributed by atoms with van der Waals surface area (Å²) in [5.74, 6) is -1.28. The first-order valence-electron chi connectivity index (χ1n) is 8.81. The average molecular weight is 382 g/mol. The third-order valence-electron chi connectivity index (χ3n) is 4.16. The number of halogens is 1. The molecule has 0 saturated carbocycles. The van der Waals surface area contributed by atoms with Crippen molar-refractivity contribution < 1.29 is 18.8 Å². The zero-order valence-corrected chi connectivity index (χ0v) is 15.0. The minimum absolute atomic E-state index is 0.0220. The number of aromatic amines is 1. The first-order chi connectivity index (χ1) is 13.5. The van der Waals surface area contributed by atoms with Crippen LogP contribution in [0.4, 0.5) is 4.39 Å². The predicted molar refractivity (Wildman–Crippen MR) is 101 cm³/mol. The molecule has 0 saturated heterocycles. The first-order valence-corrected chi connectivity index (χ1v) is 8.81. The van der Waals surface area contributed by atoms with Gasteiger partial charge in [-0.2, -0.15) is 5.10 Å². The number of hydrogen-bond acceptors (Lipinski definition) is 4. The summed E-state index contributed by atoms with van der Waals surface area (Å²) < 4.78 is 12.8. The molecular weight excluding hydrogens is 363 g/mol. The van der Waals surface area contributed by atoms with Crippen molar-refractivity contribution in [3.63, 3.8) is 0 Å². The summed E-state index contributed by atoms with van der Waals surface area (Å²) in [5, 5.41) is 12.9. The van der Waals surface area contributed by atoms with Gasteiger partial charge in [0, 0.05) is 36.9 Å². The highest BCUT2D eigenvalue weighted by atomic mass is 19.1. The van der Waals surface area contributed by atoms with E-state index in [1.165, 1.54) is 24.3 Å². The molecule has 3 aromatic rings. The quantitative estimate of drug-likeness (QED) is 0.410. The van der Waals surface area contributed by atoms with Gasteiger partial charge in [-0.15, -0.1) is 0 Å². The monoisotopic (exact) mass is 382 g/mol. The molecule has 0 atom stereocenters. The van der Waals surface area contributed by atoms with Gasteiger partial charge in [0.25, 0.3) is 5.91 Å². The zero-order chi connectivity index (χ0) is 19.9. The molecule has 0 unspecified atom stereocenters. The highest BCUT2D eigenvalue weighted by Gasteiger charge is 2.13. The van der Waals surface area contributed by atoms with Crippen LogP contribution < -0.4 is 10.6 Å². The maximum absolute atomic E-state index is 12.8. The Kier molecular flexibility index (Phi) is 6.11. The molecule has 28 heavy (non-hydrogen) atoms. The molecule has 0 fully saturated rings. The summed E-state index contributed by atoms with van der Waals surface area (Å²) in [7, 11) is 0. The number of hydrogen-bond donors (Lipinski definition) is 3. The molecule has 0 aliphatic heterocycles. The van der Waals surface area contributed by atoms with E-state index in [0.29, 0.717) is 11.3 Å². The number of amides is 2. The lowest BCUT2D eigenvalue weighted by Crippen LogP contribution is -2.35. The number of aromatic nitrogens is 2. The lowest BCUT2D eigenvalue weighted by atomic mass is 10.1. The number of Topliss-reactive ketones (excluding diaryl/α,β-unsaturated/α-hetero) is 1. The van der Waals surface area contributed by atoms with Crippen molar-refractivity contribution in [3.8, 4) is 0 Å². The van der Waals surface area contributed by atoms with E-state index in [-0.39, 0.29) is 43.5 Å². The van der Waals surface area contributed by atoms with Crippen LogP contribution in [0.1, 0.15) is 33.7 Å². The number of para-hydroxylation sites is 1. The molecule has 3 N–H and O–H groups in total. The highest BCUT2D eigenvalue weighted by molar-refractivity contribution is 6.04. The number of ketones is 1. The first kappa shape index (κ1) is 19.2.